The molecule has 6 nitrogen and oxygen atoms in total. The summed E-state index contributed by atoms with van der Waals surface area (Å²) in [6.07, 6.45) is 3.79. The maximum absolute atomic E-state index is 8.73. The van der Waals surface area contributed by atoms with Gasteiger partial charge < -0.3 is 21.1 Å². The molecule has 3 aromatic rings. The lowest BCUT2D eigenvalue weighted by atomic mass is 9.86. The minimum Gasteiger partial charge on any atom is -0.457 e. The minimum atomic E-state index is 0.342. The highest BCUT2D eigenvalue weighted by molar-refractivity contribution is 6.16. The number of para-hydroxylation sites is 1. The molecule has 0 spiro atoms. The maximum atomic E-state index is 8.73. The molecule has 6 heteroatoms. The average molecular weight is 387 g/mol. The molecular formula is C23H25N5O. The number of hydrogen-bond acceptors (Lipinski definition) is 6. The SMILES string of the molecule is CNC1CC(Nc2ccnc(N)c2C(=N)c2ccc(Oc3ccccc3)cc2)C1. The molecule has 1 heterocycles. The van der Waals surface area contributed by atoms with Crippen molar-refractivity contribution in [3.05, 3.63) is 78.0 Å². The van der Waals surface area contributed by atoms with Gasteiger partial charge in [0.2, 0.25) is 0 Å². The largest absolute Gasteiger partial charge is 0.457 e. The van der Waals surface area contributed by atoms with Crippen LogP contribution < -0.4 is 21.1 Å². The quantitative estimate of drug-likeness (QED) is 0.459. The molecule has 1 saturated carbocycles. The standard InChI is InChI=1S/C23H25N5O/c1-26-16-13-17(14-16)28-20-11-12-27-23(25)21(20)22(24)15-7-9-19(10-8-15)29-18-5-3-2-4-6-18/h2-12,16-17,24,26H,13-14H2,1H3,(H3,25,27,28). The lowest BCUT2D eigenvalue weighted by molar-refractivity contribution is 0.326. The Kier molecular flexibility index (Phi) is 5.44. The molecule has 0 bridgehead atoms. The summed E-state index contributed by atoms with van der Waals surface area (Å²) >= 11 is 0. The van der Waals surface area contributed by atoms with Crippen LogP contribution in [0.1, 0.15) is 24.0 Å². The van der Waals surface area contributed by atoms with E-state index in [1.807, 2.05) is 67.7 Å². The van der Waals surface area contributed by atoms with Crippen LogP contribution in [0.25, 0.3) is 0 Å². The van der Waals surface area contributed by atoms with Gasteiger partial charge in [-0.3, -0.25) is 5.41 Å². The van der Waals surface area contributed by atoms with Crippen LogP contribution in [0.3, 0.4) is 0 Å². The maximum Gasteiger partial charge on any atom is 0.134 e. The Morgan fingerprint density at radius 3 is 2.38 bits per heavy atom. The van der Waals surface area contributed by atoms with Crippen molar-refractivity contribution in [3.8, 4) is 11.5 Å². The van der Waals surface area contributed by atoms with Crippen molar-refractivity contribution in [1.82, 2.24) is 10.3 Å². The summed E-state index contributed by atoms with van der Waals surface area (Å²) in [6.45, 7) is 0. The summed E-state index contributed by atoms with van der Waals surface area (Å²) < 4.78 is 5.84. The molecule has 0 amide bonds. The van der Waals surface area contributed by atoms with Gasteiger partial charge in [0.25, 0.3) is 0 Å². The van der Waals surface area contributed by atoms with E-state index in [0.717, 1.165) is 35.6 Å². The van der Waals surface area contributed by atoms with Gasteiger partial charge >= 0.3 is 0 Å². The first kappa shape index (κ1) is 19.0. The van der Waals surface area contributed by atoms with Crippen molar-refractivity contribution >= 4 is 17.2 Å². The summed E-state index contributed by atoms with van der Waals surface area (Å²) in [4.78, 5) is 4.20. The Balaban J connectivity index is 1.52. The fourth-order valence-electron chi connectivity index (χ4n) is 3.51. The molecule has 4 rings (SSSR count). The minimum absolute atomic E-state index is 0.342. The van der Waals surface area contributed by atoms with Crippen LogP contribution in [0.4, 0.5) is 11.5 Å². The van der Waals surface area contributed by atoms with E-state index in [-0.39, 0.29) is 0 Å². The molecule has 0 saturated heterocycles. The lowest BCUT2D eigenvalue weighted by Gasteiger charge is -2.36. The first-order valence-corrected chi connectivity index (χ1v) is 9.74. The Hall–Kier alpha value is -3.38. The highest BCUT2D eigenvalue weighted by Crippen LogP contribution is 2.30. The zero-order valence-electron chi connectivity index (χ0n) is 16.4. The van der Waals surface area contributed by atoms with Crippen molar-refractivity contribution < 1.29 is 4.74 Å². The average Bonchev–Trinajstić information content (AvgIpc) is 2.71. The van der Waals surface area contributed by atoms with Gasteiger partial charge in [-0.05, 0) is 62.4 Å². The zero-order chi connectivity index (χ0) is 20.2. The second kappa shape index (κ2) is 8.32. The van der Waals surface area contributed by atoms with Gasteiger partial charge in [-0.1, -0.05) is 18.2 Å². The van der Waals surface area contributed by atoms with Crippen LogP contribution in [0.5, 0.6) is 11.5 Å². The van der Waals surface area contributed by atoms with Gasteiger partial charge in [-0.15, -0.1) is 0 Å². The topological polar surface area (TPSA) is 96.0 Å². The Morgan fingerprint density at radius 2 is 1.69 bits per heavy atom. The number of nitrogen functional groups attached to an aromatic ring is 1. The van der Waals surface area contributed by atoms with E-state index in [9.17, 15) is 0 Å². The molecule has 5 N–H and O–H groups in total. The molecule has 1 aromatic heterocycles. The monoisotopic (exact) mass is 387 g/mol. The van der Waals surface area contributed by atoms with E-state index in [1.54, 1.807) is 6.20 Å². The summed E-state index contributed by atoms with van der Waals surface area (Å²) in [5, 5.41) is 15.5. The van der Waals surface area contributed by atoms with Crippen molar-refractivity contribution in [1.29, 1.82) is 5.41 Å². The number of aromatic nitrogens is 1. The number of anilines is 2. The molecule has 2 aromatic carbocycles. The number of ether oxygens (including phenoxy) is 1. The first-order chi connectivity index (χ1) is 14.1. The third-order valence-electron chi connectivity index (χ3n) is 5.26. The van der Waals surface area contributed by atoms with E-state index in [1.165, 1.54) is 0 Å². The summed E-state index contributed by atoms with van der Waals surface area (Å²) in [6, 6.07) is 19.9. The Labute approximate surface area is 170 Å². The van der Waals surface area contributed by atoms with E-state index >= 15 is 0 Å². The van der Waals surface area contributed by atoms with Crippen molar-refractivity contribution in [2.75, 3.05) is 18.1 Å². The second-order valence-electron chi connectivity index (χ2n) is 7.23. The zero-order valence-corrected chi connectivity index (χ0v) is 16.4. The number of nitrogens with one attached hydrogen (secondary N) is 3. The highest BCUT2D eigenvalue weighted by Gasteiger charge is 2.28. The predicted molar refractivity (Wildman–Crippen MR) is 117 cm³/mol. The number of benzene rings is 2. The molecular weight excluding hydrogens is 362 g/mol. The first-order valence-electron chi connectivity index (χ1n) is 9.74. The molecule has 1 aliphatic rings. The molecule has 148 valence electrons. The fraction of sp³-hybridized carbons (Fsp3) is 0.217. The second-order valence-corrected chi connectivity index (χ2v) is 7.23. The summed E-state index contributed by atoms with van der Waals surface area (Å²) in [5.74, 6) is 1.85. The number of nitrogens with two attached hydrogens (primary N) is 1. The van der Waals surface area contributed by atoms with Crippen LogP contribution in [-0.2, 0) is 0 Å². The van der Waals surface area contributed by atoms with Gasteiger partial charge in [0.1, 0.15) is 17.3 Å². The van der Waals surface area contributed by atoms with Gasteiger partial charge in [0, 0.05) is 29.5 Å². The third-order valence-corrected chi connectivity index (χ3v) is 5.26. The molecule has 1 fully saturated rings. The molecule has 0 unspecified atom stereocenters. The molecule has 29 heavy (non-hydrogen) atoms. The summed E-state index contributed by atoms with van der Waals surface area (Å²) in [5.41, 5.74) is 8.74. The highest BCUT2D eigenvalue weighted by atomic mass is 16.5. The smallest absolute Gasteiger partial charge is 0.134 e. The van der Waals surface area contributed by atoms with E-state index < -0.39 is 0 Å². The van der Waals surface area contributed by atoms with Gasteiger partial charge in [0.05, 0.1) is 11.3 Å². The van der Waals surface area contributed by atoms with Crippen LogP contribution in [-0.4, -0.2) is 29.8 Å². The van der Waals surface area contributed by atoms with Crippen molar-refractivity contribution in [3.63, 3.8) is 0 Å². The van der Waals surface area contributed by atoms with E-state index in [0.29, 0.717) is 29.2 Å². The molecule has 1 aliphatic carbocycles. The van der Waals surface area contributed by atoms with Crippen molar-refractivity contribution in [2.24, 2.45) is 0 Å². The predicted octanol–water partition coefficient (Wildman–Crippen LogP) is 4.03. The van der Waals surface area contributed by atoms with Crippen LogP contribution in [0.2, 0.25) is 0 Å². The van der Waals surface area contributed by atoms with Crippen LogP contribution in [0, 0.1) is 5.41 Å². The number of nitrogens with zero attached hydrogens (tertiary/aromatic N) is 1. The number of pyridine rings is 1. The lowest BCUT2D eigenvalue weighted by Crippen LogP contribution is -2.46. The van der Waals surface area contributed by atoms with E-state index in [2.05, 4.69) is 15.6 Å². The summed E-state index contributed by atoms with van der Waals surface area (Å²) in [7, 11) is 1.98. The molecule has 0 aliphatic heterocycles. The number of rotatable bonds is 7. The van der Waals surface area contributed by atoms with Crippen LogP contribution in [0.15, 0.2) is 66.9 Å². The normalized spacial score (nSPS) is 18.0. The van der Waals surface area contributed by atoms with Gasteiger partial charge in [-0.2, -0.15) is 0 Å². The number of hydrogen-bond donors (Lipinski definition) is 4. The Morgan fingerprint density at radius 1 is 1.00 bits per heavy atom. The third kappa shape index (κ3) is 4.22. The van der Waals surface area contributed by atoms with Crippen molar-refractivity contribution in [2.45, 2.75) is 24.9 Å². The Bertz CT molecular complexity index is 982. The molecule has 0 atom stereocenters. The van der Waals surface area contributed by atoms with Gasteiger partial charge in [-0.25, -0.2) is 4.98 Å². The van der Waals surface area contributed by atoms with E-state index in [4.69, 9.17) is 15.9 Å². The fourth-order valence-corrected chi connectivity index (χ4v) is 3.51. The van der Waals surface area contributed by atoms with Gasteiger partial charge in [0.15, 0.2) is 0 Å². The van der Waals surface area contributed by atoms with Crippen LogP contribution >= 0.6 is 0 Å². The molecule has 0 radical (unpaired) electrons.